The topological polar surface area (TPSA) is 90.5 Å². The molecular formula is C30H38F4N4O5S. The van der Waals surface area contributed by atoms with Gasteiger partial charge in [0, 0.05) is 57.1 Å². The van der Waals surface area contributed by atoms with Crippen molar-refractivity contribution in [3.05, 3.63) is 65.0 Å². The Morgan fingerprint density at radius 1 is 0.932 bits per heavy atom. The van der Waals surface area contributed by atoms with Gasteiger partial charge in [0.1, 0.15) is 5.82 Å². The average Bonchev–Trinajstić information content (AvgIpc) is 2.97. The third-order valence-electron chi connectivity index (χ3n) is 7.72. The number of carbonyl (C=O) groups is 2. The predicted octanol–water partition coefficient (Wildman–Crippen LogP) is 4.32. The van der Waals surface area contributed by atoms with Crippen LogP contribution in [0, 0.1) is 5.82 Å². The number of halogens is 4. The second-order valence-electron chi connectivity index (χ2n) is 11.1. The summed E-state index contributed by atoms with van der Waals surface area (Å²) in [5, 5.41) is 0. The first-order chi connectivity index (χ1) is 20.8. The molecule has 44 heavy (non-hydrogen) atoms. The minimum Gasteiger partial charge on any atom is -0.462 e. The van der Waals surface area contributed by atoms with Gasteiger partial charge in [-0.1, -0.05) is 31.5 Å². The molecule has 0 aliphatic carbocycles. The van der Waals surface area contributed by atoms with Gasteiger partial charge in [-0.3, -0.25) is 14.7 Å². The highest BCUT2D eigenvalue weighted by atomic mass is 32.2. The van der Waals surface area contributed by atoms with Crippen LogP contribution >= 0.6 is 0 Å². The quantitative estimate of drug-likeness (QED) is 0.217. The van der Waals surface area contributed by atoms with E-state index < -0.39 is 40.4 Å². The summed E-state index contributed by atoms with van der Waals surface area (Å²) in [6, 6.07) is 10.5. The molecule has 0 bridgehead atoms. The van der Waals surface area contributed by atoms with Crippen molar-refractivity contribution in [2.75, 3.05) is 68.8 Å². The Morgan fingerprint density at radius 2 is 1.57 bits per heavy atom. The summed E-state index contributed by atoms with van der Waals surface area (Å²) in [5.41, 5.74) is 1.58. The van der Waals surface area contributed by atoms with Gasteiger partial charge in [0.25, 0.3) is 0 Å². The van der Waals surface area contributed by atoms with Crippen LogP contribution in [0.3, 0.4) is 0 Å². The van der Waals surface area contributed by atoms with Gasteiger partial charge in [-0.2, -0.15) is 13.2 Å². The van der Waals surface area contributed by atoms with Crippen LogP contribution in [0.1, 0.15) is 41.3 Å². The minimum absolute atomic E-state index is 0.0150. The highest BCUT2D eigenvalue weighted by molar-refractivity contribution is 7.91. The number of ether oxygens (including phenoxy) is 1. The Hall–Kier alpha value is -3.23. The summed E-state index contributed by atoms with van der Waals surface area (Å²) < 4.78 is 82.4. The maximum atomic E-state index is 15.2. The molecule has 242 valence electrons. The SMILES string of the molecule is CCCCOC(=O)c1ccc(CN(C(=O)N2CCS(=O)(=O)CC2)c2ccc(CN3CCN(CC(F)(F)F)CC3)cc2)c(F)c1. The summed E-state index contributed by atoms with van der Waals surface area (Å²) in [6.45, 7) is 3.25. The summed E-state index contributed by atoms with van der Waals surface area (Å²) >= 11 is 0. The molecule has 14 heteroatoms. The highest BCUT2D eigenvalue weighted by Crippen LogP contribution is 2.24. The zero-order chi connectivity index (χ0) is 31.9. The van der Waals surface area contributed by atoms with E-state index in [0.717, 1.165) is 18.1 Å². The van der Waals surface area contributed by atoms with E-state index in [1.165, 1.54) is 26.8 Å². The molecule has 0 unspecified atom stereocenters. The standard InChI is InChI=1S/C30H38F4N4O5S/c1-2-3-16-43-28(39)24-6-7-25(27(31)19-24)21-38(29(40)37-14-17-44(41,42)18-15-37)26-8-4-23(5-9-26)20-35-10-12-36(13-11-35)22-30(32,33)34/h4-9,19H,2-3,10-18,20-22H2,1H3. The number of esters is 1. The van der Waals surface area contributed by atoms with Crippen molar-refractivity contribution in [2.24, 2.45) is 0 Å². The number of rotatable bonds is 10. The average molecular weight is 643 g/mol. The molecule has 0 aromatic heterocycles. The Morgan fingerprint density at radius 3 is 2.16 bits per heavy atom. The van der Waals surface area contributed by atoms with Gasteiger partial charge in [0.05, 0.1) is 36.8 Å². The van der Waals surface area contributed by atoms with Gasteiger partial charge >= 0.3 is 18.2 Å². The number of urea groups is 1. The number of anilines is 1. The monoisotopic (exact) mass is 642 g/mol. The lowest BCUT2D eigenvalue weighted by molar-refractivity contribution is -0.149. The molecule has 2 saturated heterocycles. The maximum absolute atomic E-state index is 15.2. The van der Waals surface area contributed by atoms with E-state index in [0.29, 0.717) is 44.8 Å². The molecule has 2 aliphatic heterocycles. The number of amides is 2. The van der Waals surface area contributed by atoms with E-state index in [9.17, 15) is 31.2 Å². The second-order valence-corrected chi connectivity index (χ2v) is 13.4. The first kappa shape index (κ1) is 33.7. The molecule has 2 aliphatic rings. The molecule has 0 spiro atoms. The lowest BCUT2D eigenvalue weighted by Gasteiger charge is -2.35. The third-order valence-corrected chi connectivity index (χ3v) is 9.33. The van der Waals surface area contributed by atoms with Crippen LogP contribution in [-0.4, -0.2) is 105 Å². The highest BCUT2D eigenvalue weighted by Gasteiger charge is 2.32. The van der Waals surface area contributed by atoms with E-state index in [1.54, 1.807) is 12.1 Å². The van der Waals surface area contributed by atoms with Crippen LogP contribution in [0.15, 0.2) is 42.5 Å². The number of piperazine rings is 1. The fraction of sp³-hybridized carbons (Fsp3) is 0.533. The largest absolute Gasteiger partial charge is 0.462 e. The number of sulfone groups is 1. The number of hydrogen-bond acceptors (Lipinski definition) is 7. The number of hydrogen-bond donors (Lipinski definition) is 0. The Kier molecular flexibility index (Phi) is 11.2. The van der Waals surface area contributed by atoms with Crippen molar-refractivity contribution in [1.82, 2.24) is 14.7 Å². The smallest absolute Gasteiger partial charge is 0.401 e. The molecule has 2 aromatic carbocycles. The van der Waals surface area contributed by atoms with Gasteiger partial charge < -0.3 is 9.64 Å². The van der Waals surface area contributed by atoms with Crippen molar-refractivity contribution in [3.8, 4) is 0 Å². The first-order valence-corrected chi connectivity index (χ1v) is 16.5. The maximum Gasteiger partial charge on any atom is 0.401 e. The molecule has 0 atom stereocenters. The van der Waals surface area contributed by atoms with Crippen molar-refractivity contribution < 1.29 is 40.3 Å². The molecule has 2 aromatic rings. The van der Waals surface area contributed by atoms with Crippen LogP contribution in [0.5, 0.6) is 0 Å². The van der Waals surface area contributed by atoms with Gasteiger partial charge in [0.15, 0.2) is 9.84 Å². The molecule has 2 amide bonds. The normalized spacial score (nSPS) is 17.8. The lowest BCUT2D eigenvalue weighted by Crippen LogP contribution is -2.49. The summed E-state index contributed by atoms with van der Waals surface area (Å²) in [5.74, 6) is -1.64. The van der Waals surface area contributed by atoms with Crippen molar-refractivity contribution in [2.45, 2.75) is 39.0 Å². The van der Waals surface area contributed by atoms with E-state index in [4.69, 9.17) is 4.74 Å². The molecule has 0 N–H and O–H groups in total. The van der Waals surface area contributed by atoms with Gasteiger partial charge in [0.2, 0.25) is 0 Å². The zero-order valence-corrected chi connectivity index (χ0v) is 25.5. The number of alkyl halides is 3. The summed E-state index contributed by atoms with van der Waals surface area (Å²) in [7, 11) is -3.24. The molecule has 9 nitrogen and oxygen atoms in total. The van der Waals surface area contributed by atoms with Gasteiger partial charge in [-0.25, -0.2) is 22.4 Å². The number of carbonyl (C=O) groups excluding carboxylic acids is 2. The van der Waals surface area contributed by atoms with Crippen molar-refractivity contribution in [3.63, 3.8) is 0 Å². The summed E-state index contributed by atoms with van der Waals surface area (Å²) in [6.07, 6.45) is -2.69. The van der Waals surface area contributed by atoms with Crippen LogP contribution in [0.2, 0.25) is 0 Å². The third kappa shape index (κ3) is 9.63. The Labute approximate surface area is 255 Å². The summed E-state index contributed by atoms with van der Waals surface area (Å²) in [4.78, 5) is 32.2. The molecule has 2 heterocycles. The minimum atomic E-state index is -4.23. The molecular weight excluding hydrogens is 604 g/mol. The first-order valence-electron chi connectivity index (χ1n) is 14.7. The predicted molar refractivity (Wildman–Crippen MR) is 158 cm³/mol. The molecule has 0 radical (unpaired) electrons. The fourth-order valence-corrected chi connectivity index (χ4v) is 6.31. The van der Waals surface area contributed by atoms with E-state index in [1.807, 2.05) is 19.1 Å². The number of unbranched alkanes of at least 4 members (excludes halogenated alkanes) is 1. The van der Waals surface area contributed by atoms with E-state index in [-0.39, 0.29) is 48.9 Å². The Balaban J connectivity index is 1.47. The van der Waals surface area contributed by atoms with Crippen LogP contribution in [0.25, 0.3) is 0 Å². The van der Waals surface area contributed by atoms with Crippen molar-refractivity contribution >= 4 is 27.5 Å². The Bertz CT molecular complexity index is 1380. The van der Waals surface area contributed by atoms with Gasteiger partial charge in [-0.15, -0.1) is 0 Å². The van der Waals surface area contributed by atoms with E-state index in [2.05, 4.69) is 4.90 Å². The van der Waals surface area contributed by atoms with E-state index >= 15 is 4.39 Å². The van der Waals surface area contributed by atoms with Crippen LogP contribution < -0.4 is 4.90 Å². The van der Waals surface area contributed by atoms with Gasteiger partial charge in [-0.05, 0) is 36.2 Å². The number of nitrogens with zero attached hydrogens (tertiary/aromatic N) is 4. The second kappa shape index (κ2) is 14.7. The molecule has 4 rings (SSSR count). The van der Waals surface area contributed by atoms with Crippen molar-refractivity contribution in [1.29, 1.82) is 0 Å². The lowest BCUT2D eigenvalue weighted by atomic mass is 10.1. The zero-order valence-electron chi connectivity index (χ0n) is 24.7. The molecule has 0 saturated carbocycles. The number of benzene rings is 2. The fourth-order valence-electron chi connectivity index (χ4n) is 5.11. The van der Waals surface area contributed by atoms with Crippen LogP contribution in [0.4, 0.5) is 28.0 Å². The van der Waals surface area contributed by atoms with Crippen LogP contribution in [-0.2, 0) is 27.7 Å². The molecule has 2 fully saturated rings.